The lowest BCUT2D eigenvalue weighted by molar-refractivity contribution is 0.103. The van der Waals surface area contributed by atoms with Crippen LogP contribution < -0.4 is 4.72 Å². The van der Waals surface area contributed by atoms with Crippen LogP contribution >= 0.6 is 11.9 Å². The first kappa shape index (κ1) is 24.1. The molecule has 8 nitrogen and oxygen atoms in total. The van der Waals surface area contributed by atoms with Crippen molar-refractivity contribution in [3.05, 3.63) is 77.5 Å². The number of H-pyrrole nitrogens is 1. The molecule has 1 aromatic carbocycles. The van der Waals surface area contributed by atoms with Crippen molar-refractivity contribution in [2.75, 3.05) is 10.5 Å². The monoisotopic (exact) mass is 493 g/mol. The van der Waals surface area contributed by atoms with E-state index in [1.165, 1.54) is 55.2 Å². The number of hydrogen-bond donors (Lipinski definition) is 3. The predicted molar refractivity (Wildman–Crippen MR) is 134 cm³/mol. The summed E-state index contributed by atoms with van der Waals surface area (Å²) >= 11 is 1.28. The van der Waals surface area contributed by atoms with E-state index in [-0.39, 0.29) is 11.3 Å². The predicted octanol–water partition coefficient (Wildman–Crippen LogP) is 5.47. The molecule has 3 aromatic heterocycles. The number of nitrogens with zero attached hydrogens (tertiary/aromatic N) is 4. The van der Waals surface area contributed by atoms with E-state index in [9.17, 15) is 9.18 Å². The van der Waals surface area contributed by atoms with Crippen LogP contribution in [0.2, 0.25) is 0 Å². The number of fused-ring (bicyclic) bond motifs is 1. The maximum absolute atomic E-state index is 15.1. The van der Waals surface area contributed by atoms with Gasteiger partial charge in [-0.15, -0.1) is 0 Å². The van der Waals surface area contributed by atoms with Gasteiger partial charge in [-0.3, -0.25) is 9.78 Å². The van der Waals surface area contributed by atoms with Gasteiger partial charge in [-0.25, -0.2) is 23.7 Å². The smallest absolute Gasteiger partial charge is 0.201 e. The number of hydrogen-bond acceptors (Lipinski definition) is 8. The number of nitrogens with one attached hydrogen (secondary N) is 3. The van der Waals surface area contributed by atoms with Gasteiger partial charge < -0.3 is 15.1 Å². The van der Waals surface area contributed by atoms with Crippen LogP contribution in [-0.2, 0) is 0 Å². The molecule has 178 valence electrons. The lowest BCUT2D eigenvalue weighted by Gasteiger charge is -2.10. The van der Waals surface area contributed by atoms with Gasteiger partial charge in [0, 0.05) is 53.9 Å². The number of anilines is 1. The lowest BCUT2D eigenvalue weighted by atomic mass is 9.98. The average molecular weight is 494 g/mol. The van der Waals surface area contributed by atoms with Crippen LogP contribution in [0.15, 0.2) is 54.2 Å². The number of carbonyl (C=O) groups excluding carboxylic acids is 1. The fourth-order valence-corrected chi connectivity index (χ4v) is 3.95. The van der Waals surface area contributed by atoms with Gasteiger partial charge in [-0.05, 0) is 30.2 Å². The van der Waals surface area contributed by atoms with Crippen LogP contribution in [0, 0.1) is 17.0 Å². The Bertz CT molecular complexity index is 1390. The summed E-state index contributed by atoms with van der Waals surface area (Å²) in [6.45, 7) is 1.98. The van der Waals surface area contributed by atoms with Crippen molar-refractivity contribution in [3.8, 4) is 0 Å². The molecule has 0 radical (unpaired) electrons. The minimum absolute atomic E-state index is 0.0379. The summed E-state index contributed by atoms with van der Waals surface area (Å²) in [5.41, 5.74) is 0.406. The average Bonchev–Trinajstić information content (AvgIpc) is 3.30. The highest BCUT2D eigenvalue weighted by atomic mass is 32.2. The molecule has 1 atom stereocenters. The molecule has 0 saturated heterocycles. The third-order valence-corrected chi connectivity index (χ3v) is 6.06. The Labute approximate surface area is 204 Å². The van der Waals surface area contributed by atoms with Gasteiger partial charge in [0.05, 0.1) is 23.4 Å². The minimum Gasteiger partial charge on any atom is -0.345 e. The van der Waals surface area contributed by atoms with Crippen molar-refractivity contribution < 1.29 is 13.6 Å². The highest BCUT2D eigenvalue weighted by Crippen LogP contribution is 2.29. The fraction of sp³-hybridized carbons (Fsp3) is 0.167. The summed E-state index contributed by atoms with van der Waals surface area (Å²) in [4.78, 5) is 32.7. The molecule has 0 aliphatic heterocycles. The van der Waals surface area contributed by atoms with Gasteiger partial charge in [0.1, 0.15) is 11.5 Å². The Balaban J connectivity index is 1.69. The van der Waals surface area contributed by atoms with Crippen molar-refractivity contribution in [1.29, 1.82) is 5.41 Å². The van der Waals surface area contributed by atoms with E-state index in [4.69, 9.17) is 5.41 Å². The zero-order valence-electron chi connectivity index (χ0n) is 18.6. The van der Waals surface area contributed by atoms with Crippen molar-refractivity contribution in [2.24, 2.45) is 4.99 Å². The molecule has 0 spiro atoms. The molecule has 11 heteroatoms. The number of carbonyl (C=O) groups is 1. The third-order valence-electron chi connectivity index (χ3n) is 5.08. The molecule has 0 amide bonds. The number of aromatic nitrogens is 4. The number of ketones is 1. The van der Waals surface area contributed by atoms with Crippen molar-refractivity contribution >= 4 is 52.7 Å². The maximum atomic E-state index is 15.1. The minimum atomic E-state index is -0.953. The Hall–Kier alpha value is -3.99. The molecule has 3 N–H and O–H groups in total. The van der Waals surface area contributed by atoms with E-state index in [0.29, 0.717) is 22.4 Å². The molecule has 4 aromatic rings. The normalized spacial score (nSPS) is 12.2. The maximum Gasteiger partial charge on any atom is 0.201 e. The first-order valence-corrected chi connectivity index (χ1v) is 11.7. The third kappa shape index (κ3) is 5.24. The zero-order chi connectivity index (χ0) is 24.8. The zero-order valence-corrected chi connectivity index (χ0v) is 19.4. The number of aromatic amines is 1. The largest absolute Gasteiger partial charge is 0.345 e. The number of halogens is 2. The summed E-state index contributed by atoms with van der Waals surface area (Å²) in [6, 6.07) is 3.99. The first-order valence-electron chi connectivity index (χ1n) is 10.7. The van der Waals surface area contributed by atoms with Crippen LogP contribution in [0.3, 0.4) is 0 Å². The topological polar surface area (TPSA) is 120 Å². The Morgan fingerprint density at radius 1 is 1.29 bits per heavy atom. The summed E-state index contributed by atoms with van der Waals surface area (Å²) in [6.07, 6.45) is 11.0. The molecular formula is C24H21F2N7OS. The molecular weight excluding hydrogens is 472 g/mol. The summed E-state index contributed by atoms with van der Waals surface area (Å²) in [5, 5.41) is 8.17. The number of pyridine rings is 1. The van der Waals surface area contributed by atoms with E-state index in [0.717, 1.165) is 18.2 Å². The Kier molecular flexibility index (Phi) is 7.56. The standard InChI is InChI=1S/C24H21F2N7OS/c1-2-7-35-33-19-4-3-18(25)21(22(19)26)23(34)17-12-32-24-16(17)8-14(10-31-24)15(9-27)11-30-20-13-28-5-6-29-20/h3-6,8-13,15,27,33H,2,7H2,1H3,(H,31,32). The molecule has 35 heavy (non-hydrogen) atoms. The second-order valence-electron chi connectivity index (χ2n) is 7.46. The van der Waals surface area contributed by atoms with Crippen LogP contribution in [0.25, 0.3) is 11.0 Å². The fourth-order valence-electron chi connectivity index (χ4n) is 3.33. The molecule has 0 saturated carbocycles. The second kappa shape index (κ2) is 11.0. The second-order valence-corrected chi connectivity index (χ2v) is 8.37. The highest BCUT2D eigenvalue weighted by Gasteiger charge is 2.25. The molecule has 0 aliphatic carbocycles. The van der Waals surface area contributed by atoms with Crippen molar-refractivity contribution in [3.63, 3.8) is 0 Å². The van der Waals surface area contributed by atoms with Crippen LogP contribution in [0.4, 0.5) is 20.3 Å². The van der Waals surface area contributed by atoms with Gasteiger partial charge in [0.15, 0.2) is 11.6 Å². The van der Waals surface area contributed by atoms with Crippen molar-refractivity contribution in [2.45, 2.75) is 19.3 Å². The van der Waals surface area contributed by atoms with Crippen LogP contribution in [-0.4, -0.2) is 43.9 Å². The molecule has 4 rings (SSSR count). The van der Waals surface area contributed by atoms with Crippen LogP contribution in [0.5, 0.6) is 0 Å². The number of benzene rings is 1. The van der Waals surface area contributed by atoms with Gasteiger partial charge in [-0.2, -0.15) is 0 Å². The van der Waals surface area contributed by atoms with E-state index in [2.05, 4.69) is 29.7 Å². The van der Waals surface area contributed by atoms with Crippen LogP contribution in [0.1, 0.15) is 40.7 Å². The Morgan fingerprint density at radius 3 is 2.89 bits per heavy atom. The summed E-state index contributed by atoms with van der Waals surface area (Å²) in [5.74, 6) is -2.18. The van der Waals surface area contributed by atoms with E-state index >= 15 is 4.39 Å². The molecule has 0 bridgehead atoms. The molecule has 0 fully saturated rings. The molecule has 1 unspecified atom stereocenters. The van der Waals surface area contributed by atoms with Gasteiger partial charge in [0.2, 0.25) is 5.78 Å². The highest BCUT2D eigenvalue weighted by molar-refractivity contribution is 8.00. The number of aliphatic imine (C=N–C) groups is 1. The molecule has 3 heterocycles. The quantitative estimate of drug-likeness (QED) is 0.117. The first-order chi connectivity index (χ1) is 17.0. The molecule has 0 aliphatic rings. The van der Waals surface area contributed by atoms with E-state index in [1.807, 2.05) is 6.92 Å². The van der Waals surface area contributed by atoms with E-state index < -0.39 is 28.9 Å². The van der Waals surface area contributed by atoms with Gasteiger partial charge >= 0.3 is 0 Å². The SMILES string of the molecule is CCCSNc1ccc(F)c(C(=O)c2c[nH]c3ncc(C(C=N)C=Nc4cnccn4)cc23)c1F. The summed E-state index contributed by atoms with van der Waals surface area (Å²) < 4.78 is 32.5. The van der Waals surface area contributed by atoms with Gasteiger partial charge in [-0.1, -0.05) is 18.9 Å². The summed E-state index contributed by atoms with van der Waals surface area (Å²) in [7, 11) is 0. The van der Waals surface area contributed by atoms with E-state index in [1.54, 1.807) is 12.3 Å². The Morgan fingerprint density at radius 2 is 2.14 bits per heavy atom. The number of rotatable bonds is 10. The van der Waals surface area contributed by atoms with Gasteiger partial charge in [0.25, 0.3) is 0 Å². The lowest BCUT2D eigenvalue weighted by Crippen LogP contribution is -2.09. The van der Waals surface area contributed by atoms with Crippen molar-refractivity contribution in [1.82, 2.24) is 19.9 Å².